The van der Waals surface area contributed by atoms with Crippen LogP contribution < -0.4 is 0 Å². The SMILES string of the molecule is [C-]#[N+]C(C)c1cc(C)cs1. The molecule has 0 aliphatic rings. The van der Waals surface area contributed by atoms with Gasteiger partial charge in [0.05, 0.1) is 4.88 Å². The zero-order valence-electron chi connectivity index (χ0n) is 6.09. The predicted molar refractivity (Wildman–Crippen MR) is 44.1 cm³/mol. The van der Waals surface area contributed by atoms with Gasteiger partial charge in [-0.1, -0.05) is 0 Å². The third-order valence-electron chi connectivity index (χ3n) is 1.36. The second-order valence-electron chi connectivity index (χ2n) is 2.33. The Balaban J connectivity index is 2.87. The summed E-state index contributed by atoms with van der Waals surface area (Å²) in [6.07, 6.45) is 0. The van der Waals surface area contributed by atoms with E-state index >= 15 is 0 Å². The molecule has 2 heteroatoms. The van der Waals surface area contributed by atoms with Crippen molar-refractivity contribution < 1.29 is 0 Å². The fourth-order valence-corrected chi connectivity index (χ4v) is 1.63. The van der Waals surface area contributed by atoms with Crippen LogP contribution in [0.4, 0.5) is 0 Å². The predicted octanol–water partition coefficient (Wildman–Crippen LogP) is 3.04. The number of aryl methyl sites for hydroxylation is 1. The fourth-order valence-electron chi connectivity index (χ4n) is 0.736. The summed E-state index contributed by atoms with van der Waals surface area (Å²) >= 11 is 1.67. The van der Waals surface area contributed by atoms with E-state index in [0.29, 0.717) is 0 Å². The molecule has 0 fully saturated rings. The first-order valence-electron chi connectivity index (χ1n) is 3.15. The van der Waals surface area contributed by atoms with Gasteiger partial charge in [-0.15, -0.1) is 11.3 Å². The van der Waals surface area contributed by atoms with E-state index in [-0.39, 0.29) is 6.04 Å². The van der Waals surface area contributed by atoms with Crippen LogP contribution in [0.2, 0.25) is 0 Å². The van der Waals surface area contributed by atoms with Gasteiger partial charge in [0.15, 0.2) is 0 Å². The molecule has 0 spiro atoms. The molecule has 0 N–H and O–H groups in total. The van der Waals surface area contributed by atoms with E-state index in [9.17, 15) is 0 Å². The van der Waals surface area contributed by atoms with Crippen LogP contribution in [-0.4, -0.2) is 0 Å². The molecule has 0 aromatic carbocycles. The van der Waals surface area contributed by atoms with Crippen molar-refractivity contribution >= 4 is 11.3 Å². The Morgan fingerprint density at radius 2 is 2.40 bits per heavy atom. The maximum atomic E-state index is 6.79. The number of rotatable bonds is 1. The number of hydrogen-bond acceptors (Lipinski definition) is 1. The van der Waals surface area contributed by atoms with Gasteiger partial charge in [0.1, 0.15) is 0 Å². The standard InChI is InChI=1S/C8H9NS/c1-6-4-8(10-5-6)7(2)9-3/h4-5,7H,1-2H3. The van der Waals surface area contributed by atoms with Gasteiger partial charge in [-0.05, 0) is 23.9 Å². The lowest BCUT2D eigenvalue weighted by atomic mass is 10.2. The normalized spacial score (nSPS) is 12.5. The molecule has 1 nitrogen and oxygen atoms in total. The summed E-state index contributed by atoms with van der Waals surface area (Å²) in [6.45, 7) is 10.8. The van der Waals surface area contributed by atoms with Crippen LogP contribution in [0.3, 0.4) is 0 Å². The molecule has 1 unspecified atom stereocenters. The van der Waals surface area contributed by atoms with Crippen molar-refractivity contribution in [1.29, 1.82) is 0 Å². The van der Waals surface area contributed by atoms with E-state index in [4.69, 9.17) is 6.57 Å². The van der Waals surface area contributed by atoms with Gasteiger partial charge in [-0.3, -0.25) is 0 Å². The zero-order chi connectivity index (χ0) is 7.56. The molecule has 10 heavy (non-hydrogen) atoms. The molecule has 0 bridgehead atoms. The lowest BCUT2D eigenvalue weighted by molar-refractivity contribution is 0.989. The largest absolute Gasteiger partial charge is 0.308 e. The van der Waals surface area contributed by atoms with Crippen molar-refractivity contribution in [3.05, 3.63) is 33.3 Å². The average molecular weight is 151 g/mol. The van der Waals surface area contributed by atoms with Crippen LogP contribution in [0, 0.1) is 13.5 Å². The van der Waals surface area contributed by atoms with E-state index in [1.54, 1.807) is 11.3 Å². The summed E-state index contributed by atoms with van der Waals surface area (Å²) in [5, 5.41) is 2.08. The first-order chi connectivity index (χ1) is 4.74. The molecule has 0 amide bonds. The van der Waals surface area contributed by atoms with E-state index in [0.717, 1.165) is 0 Å². The zero-order valence-corrected chi connectivity index (χ0v) is 6.90. The lowest BCUT2D eigenvalue weighted by Gasteiger charge is -1.89. The lowest BCUT2D eigenvalue weighted by Crippen LogP contribution is -1.78. The summed E-state index contributed by atoms with van der Waals surface area (Å²) in [7, 11) is 0. The summed E-state index contributed by atoms with van der Waals surface area (Å²) in [5.74, 6) is 0. The van der Waals surface area contributed by atoms with Gasteiger partial charge >= 0.3 is 0 Å². The molecular weight excluding hydrogens is 142 g/mol. The maximum Gasteiger partial charge on any atom is 0.254 e. The number of thiophene rings is 1. The van der Waals surface area contributed by atoms with Gasteiger partial charge in [-0.2, -0.15) is 0 Å². The van der Waals surface area contributed by atoms with Gasteiger partial charge < -0.3 is 4.85 Å². The van der Waals surface area contributed by atoms with Crippen LogP contribution in [0.1, 0.15) is 23.4 Å². The Kier molecular flexibility index (Phi) is 2.08. The van der Waals surface area contributed by atoms with E-state index in [1.807, 2.05) is 6.92 Å². The van der Waals surface area contributed by atoms with E-state index in [2.05, 4.69) is 23.2 Å². The summed E-state index contributed by atoms with van der Waals surface area (Å²) < 4.78 is 0. The first-order valence-corrected chi connectivity index (χ1v) is 4.03. The smallest absolute Gasteiger partial charge is 0.254 e. The molecule has 1 rings (SSSR count). The molecule has 0 radical (unpaired) electrons. The minimum Gasteiger partial charge on any atom is -0.308 e. The molecule has 0 saturated carbocycles. The van der Waals surface area contributed by atoms with Gasteiger partial charge in [0, 0.05) is 6.92 Å². The van der Waals surface area contributed by atoms with Crippen LogP contribution >= 0.6 is 11.3 Å². The van der Waals surface area contributed by atoms with Crippen LogP contribution in [0.15, 0.2) is 11.4 Å². The molecule has 52 valence electrons. The van der Waals surface area contributed by atoms with Crippen molar-refractivity contribution in [2.75, 3.05) is 0 Å². The molecule has 0 aliphatic heterocycles. The highest BCUT2D eigenvalue weighted by Crippen LogP contribution is 2.23. The summed E-state index contributed by atoms with van der Waals surface area (Å²) in [4.78, 5) is 4.61. The fraction of sp³-hybridized carbons (Fsp3) is 0.375. The average Bonchev–Trinajstić information content (AvgIpc) is 2.34. The van der Waals surface area contributed by atoms with Crippen molar-refractivity contribution in [2.24, 2.45) is 0 Å². The maximum absolute atomic E-state index is 6.79. The molecule has 1 aromatic rings. The Hall–Kier alpha value is -0.810. The van der Waals surface area contributed by atoms with Gasteiger partial charge in [0.2, 0.25) is 0 Å². The number of nitrogens with zero attached hydrogens (tertiary/aromatic N) is 1. The molecule has 1 heterocycles. The quantitative estimate of drug-likeness (QED) is 0.543. The van der Waals surface area contributed by atoms with Crippen molar-refractivity contribution in [3.63, 3.8) is 0 Å². The minimum absolute atomic E-state index is 0.0405. The van der Waals surface area contributed by atoms with Crippen LogP contribution in [-0.2, 0) is 0 Å². The Morgan fingerprint density at radius 1 is 1.70 bits per heavy atom. The Labute approximate surface area is 65.1 Å². The topological polar surface area (TPSA) is 4.36 Å². The van der Waals surface area contributed by atoms with Crippen molar-refractivity contribution in [1.82, 2.24) is 0 Å². The van der Waals surface area contributed by atoms with E-state index < -0.39 is 0 Å². The highest BCUT2D eigenvalue weighted by atomic mass is 32.1. The Morgan fingerprint density at radius 3 is 2.80 bits per heavy atom. The molecular formula is C8H9NS. The van der Waals surface area contributed by atoms with Gasteiger partial charge in [0.25, 0.3) is 6.04 Å². The first kappa shape index (κ1) is 7.30. The van der Waals surface area contributed by atoms with Crippen molar-refractivity contribution in [3.8, 4) is 0 Å². The van der Waals surface area contributed by atoms with Crippen molar-refractivity contribution in [2.45, 2.75) is 19.9 Å². The monoisotopic (exact) mass is 151 g/mol. The van der Waals surface area contributed by atoms with Crippen LogP contribution in [0.5, 0.6) is 0 Å². The minimum atomic E-state index is 0.0405. The second-order valence-corrected chi connectivity index (χ2v) is 3.27. The highest BCUT2D eigenvalue weighted by Gasteiger charge is 2.09. The summed E-state index contributed by atoms with van der Waals surface area (Å²) in [6, 6.07) is 2.12. The molecule has 0 aliphatic carbocycles. The third kappa shape index (κ3) is 1.37. The van der Waals surface area contributed by atoms with Crippen LogP contribution in [0.25, 0.3) is 4.85 Å². The highest BCUT2D eigenvalue weighted by molar-refractivity contribution is 7.10. The third-order valence-corrected chi connectivity index (χ3v) is 2.58. The second kappa shape index (κ2) is 2.85. The molecule has 0 saturated heterocycles. The summed E-state index contributed by atoms with van der Waals surface area (Å²) in [5.41, 5.74) is 1.26. The van der Waals surface area contributed by atoms with Gasteiger partial charge in [-0.25, -0.2) is 6.57 Å². The molecule has 1 aromatic heterocycles. The molecule has 1 atom stereocenters. The van der Waals surface area contributed by atoms with E-state index in [1.165, 1.54) is 10.4 Å². The Bertz CT molecular complexity index is 256. The number of hydrogen-bond donors (Lipinski definition) is 0.